The highest BCUT2D eigenvalue weighted by molar-refractivity contribution is 7.89. The smallest absolute Gasteiger partial charge is 0.365 e. The number of nitrogens with zero attached hydrogens (tertiary/aromatic N) is 2. The minimum Gasteiger partial charge on any atom is -0.365 e. The fraction of sp³-hybridized carbons (Fsp3) is 0.227. The number of anilines is 4. The van der Waals surface area contributed by atoms with Crippen LogP contribution in [0.2, 0.25) is 0 Å². The van der Waals surface area contributed by atoms with Crippen molar-refractivity contribution in [2.75, 3.05) is 22.2 Å². The first-order valence-electron chi connectivity index (χ1n) is 10.1. The summed E-state index contributed by atoms with van der Waals surface area (Å²) in [5, 5.41) is 8.26. The van der Waals surface area contributed by atoms with Crippen LogP contribution < -0.4 is 16.0 Å². The van der Waals surface area contributed by atoms with Crippen LogP contribution in [0.4, 0.5) is 36.3 Å². The van der Waals surface area contributed by atoms with Gasteiger partial charge in [0.1, 0.15) is 11.4 Å². The summed E-state index contributed by atoms with van der Waals surface area (Å²) >= 11 is 0. The van der Waals surface area contributed by atoms with Crippen molar-refractivity contribution >= 4 is 38.9 Å². The molecule has 0 fully saturated rings. The van der Waals surface area contributed by atoms with Gasteiger partial charge in [-0.05, 0) is 22.8 Å². The lowest BCUT2D eigenvalue weighted by Crippen LogP contribution is -2.14. The Kier molecular flexibility index (Phi) is 6.17. The topological polar surface area (TPSA) is 113 Å². The quantitative estimate of drug-likeness (QED) is 0.460. The number of fused-ring (bicyclic) bond motifs is 1. The van der Waals surface area contributed by atoms with Crippen molar-refractivity contribution in [2.45, 2.75) is 24.9 Å². The van der Waals surface area contributed by atoms with Crippen LogP contribution in [0, 0.1) is 0 Å². The SMILES string of the molecule is CS(=O)(=O)Cc1cccc(CNc2nc(Nc3cccc4c3NC(=O)C4)ncc2C(F)(F)F)c1. The van der Waals surface area contributed by atoms with Gasteiger partial charge >= 0.3 is 6.18 Å². The Labute approximate surface area is 193 Å². The number of para-hydroxylation sites is 1. The highest BCUT2D eigenvalue weighted by atomic mass is 32.2. The molecule has 8 nitrogen and oxygen atoms in total. The number of hydrogen-bond donors (Lipinski definition) is 3. The molecule has 1 aromatic heterocycles. The number of carbonyl (C=O) groups is 1. The van der Waals surface area contributed by atoms with Crippen LogP contribution in [-0.2, 0) is 39.5 Å². The predicted octanol–water partition coefficient (Wildman–Crippen LogP) is 3.89. The molecule has 1 amide bonds. The van der Waals surface area contributed by atoms with Gasteiger partial charge in [0, 0.05) is 19.0 Å². The summed E-state index contributed by atoms with van der Waals surface area (Å²) in [5.41, 5.74) is 1.83. The first-order valence-corrected chi connectivity index (χ1v) is 12.2. The molecule has 1 aliphatic heterocycles. The number of carbonyl (C=O) groups excluding carboxylic acids is 1. The number of benzene rings is 2. The zero-order chi connectivity index (χ0) is 24.5. The Bertz CT molecular complexity index is 1360. The molecule has 34 heavy (non-hydrogen) atoms. The summed E-state index contributed by atoms with van der Waals surface area (Å²) in [6.45, 7) is -0.0199. The fourth-order valence-electron chi connectivity index (χ4n) is 3.58. The lowest BCUT2D eigenvalue weighted by atomic mass is 10.1. The van der Waals surface area contributed by atoms with Gasteiger partial charge < -0.3 is 16.0 Å². The van der Waals surface area contributed by atoms with E-state index >= 15 is 0 Å². The molecule has 1 aliphatic rings. The van der Waals surface area contributed by atoms with E-state index < -0.39 is 27.4 Å². The molecule has 3 N–H and O–H groups in total. The van der Waals surface area contributed by atoms with Gasteiger partial charge in [-0.2, -0.15) is 18.2 Å². The zero-order valence-corrected chi connectivity index (χ0v) is 18.7. The number of halogens is 3. The standard InChI is InChI=1S/C22H20F3N5O3S/c1-34(32,33)12-14-5-2-4-13(8-14)10-26-20-16(22(23,24)25)11-27-21(30-20)28-17-7-3-6-15-9-18(31)29-19(15)17/h2-8,11H,9-10,12H2,1H3,(H,29,31)(H2,26,27,28,30). The van der Waals surface area contributed by atoms with Gasteiger partial charge in [0.15, 0.2) is 9.84 Å². The Morgan fingerprint density at radius 2 is 1.85 bits per heavy atom. The molecule has 2 aromatic carbocycles. The fourth-order valence-corrected chi connectivity index (χ4v) is 4.36. The van der Waals surface area contributed by atoms with Crippen molar-refractivity contribution in [1.82, 2.24) is 9.97 Å². The summed E-state index contributed by atoms with van der Waals surface area (Å²) < 4.78 is 63.7. The molecule has 4 rings (SSSR count). The van der Waals surface area contributed by atoms with E-state index in [-0.39, 0.29) is 30.6 Å². The molecule has 0 radical (unpaired) electrons. The normalized spacial score (nSPS) is 13.4. The van der Waals surface area contributed by atoms with E-state index in [1.54, 1.807) is 42.5 Å². The molecule has 0 saturated carbocycles. The Morgan fingerprint density at radius 1 is 1.12 bits per heavy atom. The summed E-state index contributed by atoms with van der Waals surface area (Å²) in [6, 6.07) is 11.7. The van der Waals surface area contributed by atoms with Crippen molar-refractivity contribution in [1.29, 1.82) is 0 Å². The number of nitrogens with one attached hydrogen (secondary N) is 3. The van der Waals surface area contributed by atoms with E-state index in [0.29, 0.717) is 28.7 Å². The Balaban J connectivity index is 1.59. The minimum absolute atomic E-state index is 0.0199. The van der Waals surface area contributed by atoms with Crippen molar-refractivity contribution in [3.05, 3.63) is 70.9 Å². The third-order valence-corrected chi connectivity index (χ3v) is 5.84. The van der Waals surface area contributed by atoms with Crippen LogP contribution in [0.5, 0.6) is 0 Å². The molecule has 0 spiro atoms. The van der Waals surface area contributed by atoms with E-state index in [4.69, 9.17) is 0 Å². The van der Waals surface area contributed by atoms with Crippen LogP contribution >= 0.6 is 0 Å². The largest absolute Gasteiger partial charge is 0.421 e. The van der Waals surface area contributed by atoms with Crippen molar-refractivity contribution < 1.29 is 26.4 Å². The van der Waals surface area contributed by atoms with Crippen LogP contribution in [0.25, 0.3) is 0 Å². The van der Waals surface area contributed by atoms with E-state index in [1.807, 2.05) is 0 Å². The van der Waals surface area contributed by atoms with Gasteiger partial charge in [-0.25, -0.2) is 13.4 Å². The number of hydrogen-bond acceptors (Lipinski definition) is 7. The Morgan fingerprint density at radius 3 is 2.59 bits per heavy atom. The van der Waals surface area contributed by atoms with Gasteiger partial charge in [0.25, 0.3) is 0 Å². The van der Waals surface area contributed by atoms with Crippen molar-refractivity contribution in [3.8, 4) is 0 Å². The minimum atomic E-state index is -4.69. The molecule has 0 unspecified atom stereocenters. The average Bonchev–Trinajstić information content (AvgIpc) is 3.12. The molecule has 0 atom stereocenters. The monoisotopic (exact) mass is 491 g/mol. The lowest BCUT2D eigenvalue weighted by Gasteiger charge is -2.16. The molecule has 12 heteroatoms. The number of rotatable bonds is 7. The first kappa shape index (κ1) is 23.5. The second-order valence-corrected chi connectivity index (χ2v) is 10.0. The highest BCUT2D eigenvalue weighted by Gasteiger charge is 2.35. The van der Waals surface area contributed by atoms with Crippen LogP contribution in [-0.4, -0.2) is 30.5 Å². The third-order valence-electron chi connectivity index (χ3n) is 4.99. The first-order chi connectivity index (χ1) is 16.0. The van der Waals surface area contributed by atoms with Gasteiger partial charge in [0.2, 0.25) is 11.9 Å². The summed E-state index contributed by atoms with van der Waals surface area (Å²) in [6.07, 6.45) is -2.69. The van der Waals surface area contributed by atoms with Gasteiger partial charge in [0.05, 0.1) is 23.5 Å². The third kappa shape index (κ3) is 5.63. The number of alkyl halides is 3. The van der Waals surface area contributed by atoms with Gasteiger partial charge in [-0.1, -0.05) is 36.4 Å². The maximum atomic E-state index is 13.6. The molecule has 0 bridgehead atoms. The summed E-state index contributed by atoms with van der Waals surface area (Å²) in [7, 11) is -3.25. The molecular weight excluding hydrogens is 471 g/mol. The zero-order valence-electron chi connectivity index (χ0n) is 17.9. The van der Waals surface area contributed by atoms with E-state index in [1.165, 1.54) is 0 Å². The molecule has 2 heterocycles. The molecule has 0 aliphatic carbocycles. The van der Waals surface area contributed by atoms with Crippen molar-refractivity contribution in [3.63, 3.8) is 0 Å². The van der Waals surface area contributed by atoms with Gasteiger partial charge in [-0.15, -0.1) is 0 Å². The second kappa shape index (κ2) is 8.93. The van der Waals surface area contributed by atoms with Crippen LogP contribution in [0.3, 0.4) is 0 Å². The maximum Gasteiger partial charge on any atom is 0.421 e. The molecule has 0 saturated heterocycles. The predicted molar refractivity (Wildman–Crippen MR) is 121 cm³/mol. The lowest BCUT2D eigenvalue weighted by molar-refractivity contribution is -0.137. The number of sulfone groups is 1. The van der Waals surface area contributed by atoms with Gasteiger partial charge in [-0.3, -0.25) is 4.79 Å². The van der Waals surface area contributed by atoms with E-state index in [0.717, 1.165) is 11.8 Å². The second-order valence-electron chi connectivity index (χ2n) is 7.89. The Hall–Kier alpha value is -3.67. The summed E-state index contributed by atoms with van der Waals surface area (Å²) in [4.78, 5) is 19.5. The summed E-state index contributed by atoms with van der Waals surface area (Å²) in [5.74, 6) is -0.877. The number of amides is 1. The van der Waals surface area contributed by atoms with E-state index in [9.17, 15) is 26.4 Å². The van der Waals surface area contributed by atoms with Crippen LogP contribution in [0.15, 0.2) is 48.7 Å². The van der Waals surface area contributed by atoms with Crippen molar-refractivity contribution in [2.24, 2.45) is 0 Å². The van der Waals surface area contributed by atoms with E-state index in [2.05, 4.69) is 25.9 Å². The molecule has 178 valence electrons. The average molecular weight is 491 g/mol. The van der Waals surface area contributed by atoms with Crippen LogP contribution in [0.1, 0.15) is 22.3 Å². The maximum absolute atomic E-state index is 13.6. The molecular formula is C22H20F3N5O3S. The number of aromatic nitrogens is 2. The highest BCUT2D eigenvalue weighted by Crippen LogP contribution is 2.36. The molecule has 3 aromatic rings.